The normalized spacial score (nSPS) is 14.6. The number of primary amides is 1. The van der Waals surface area contributed by atoms with Gasteiger partial charge >= 0.3 is 0 Å². The second-order valence-electron chi connectivity index (χ2n) is 7.86. The molecule has 2 amide bonds. The van der Waals surface area contributed by atoms with Crippen LogP contribution in [0.1, 0.15) is 35.7 Å². The number of rotatable bonds is 8. The summed E-state index contributed by atoms with van der Waals surface area (Å²) in [4.78, 5) is 24.6. The summed E-state index contributed by atoms with van der Waals surface area (Å²) >= 11 is 0. The summed E-state index contributed by atoms with van der Waals surface area (Å²) in [6.07, 6.45) is 0.0202. The van der Waals surface area contributed by atoms with Crippen LogP contribution in [0, 0.1) is 11.8 Å². The molecule has 0 aromatic heterocycles. The van der Waals surface area contributed by atoms with E-state index in [1.165, 1.54) is 36.4 Å². The minimum atomic E-state index is -4.16. The summed E-state index contributed by atoms with van der Waals surface area (Å²) in [5.41, 5.74) is 6.03. The fourth-order valence-corrected chi connectivity index (χ4v) is 5.84. The number of nitrogens with one attached hydrogen (secondary N) is 1. The van der Waals surface area contributed by atoms with Gasteiger partial charge in [-0.1, -0.05) is 18.1 Å². The van der Waals surface area contributed by atoms with Crippen molar-refractivity contribution in [3.05, 3.63) is 59.7 Å². The predicted octanol–water partition coefficient (Wildman–Crippen LogP) is 1.92. The third-order valence-corrected chi connectivity index (χ3v) is 8.25. The molecule has 0 bridgehead atoms. The molecule has 11 heteroatoms. The van der Waals surface area contributed by atoms with Crippen LogP contribution < -0.4 is 15.8 Å². The topological polar surface area (TPSA) is 139 Å². The maximum absolute atomic E-state index is 13.7. The van der Waals surface area contributed by atoms with Gasteiger partial charge in [-0.05, 0) is 74.8 Å². The minimum absolute atomic E-state index is 0. The Kier molecular flexibility index (Phi) is 9.68. The van der Waals surface area contributed by atoms with Crippen LogP contribution in [0.2, 0.25) is 0 Å². The van der Waals surface area contributed by atoms with Gasteiger partial charge in [0, 0.05) is 5.56 Å². The molecule has 0 spiro atoms. The van der Waals surface area contributed by atoms with Crippen LogP contribution in [-0.4, -0.2) is 54.9 Å². The molecule has 0 unspecified atom stereocenters. The summed E-state index contributed by atoms with van der Waals surface area (Å²) < 4.78 is 31.0. The van der Waals surface area contributed by atoms with Crippen molar-refractivity contribution >= 4 is 34.1 Å². The van der Waals surface area contributed by atoms with Crippen molar-refractivity contribution in [1.29, 1.82) is 0 Å². The number of halogens is 1. The van der Waals surface area contributed by atoms with Crippen LogP contribution in [0.15, 0.2) is 53.4 Å². The smallest absolute Gasteiger partial charge is 0.268 e. The standard InChI is InChI=1S/C24H27N3O6S.ClH/c1-2-3-16-33-20-8-10-21(11-9-20)34(31,32)24(12-14-26-15-13-24)23(29)27(30)17-18-4-6-19(7-5-18)22(25)28;/h4-11,26,30H,12-17H2,1H3,(H2,25,28);1H. The molecule has 1 aliphatic heterocycles. The van der Waals surface area contributed by atoms with Gasteiger partial charge in [-0.15, -0.1) is 18.3 Å². The van der Waals surface area contributed by atoms with Crippen molar-refractivity contribution in [2.45, 2.75) is 36.0 Å². The quantitative estimate of drug-likeness (QED) is 0.274. The lowest BCUT2D eigenvalue weighted by Gasteiger charge is -2.37. The van der Waals surface area contributed by atoms with E-state index in [4.69, 9.17) is 10.5 Å². The number of sulfone groups is 1. The Morgan fingerprint density at radius 1 is 1.11 bits per heavy atom. The van der Waals surface area contributed by atoms with E-state index in [0.717, 1.165) is 0 Å². The number of hydrogen-bond acceptors (Lipinski definition) is 7. The Morgan fingerprint density at radius 3 is 2.26 bits per heavy atom. The molecule has 2 aromatic rings. The van der Waals surface area contributed by atoms with Gasteiger partial charge in [-0.3, -0.25) is 14.8 Å². The Labute approximate surface area is 210 Å². The zero-order valence-electron chi connectivity index (χ0n) is 19.2. The molecule has 0 radical (unpaired) electrons. The van der Waals surface area contributed by atoms with Crippen molar-refractivity contribution in [3.63, 3.8) is 0 Å². The van der Waals surface area contributed by atoms with Crippen LogP contribution in [0.5, 0.6) is 5.75 Å². The highest BCUT2D eigenvalue weighted by Crippen LogP contribution is 2.36. The SMILES string of the molecule is CC#CCOc1ccc(S(=O)(=O)C2(C(=O)N(O)Cc3ccc(C(N)=O)cc3)CCNCC2)cc1.Cl. The van der Waals surface area contributed by atoms with Crippen LogP contribution in [0.25, 0.3) is 0 Å². The van der Waals surface area contributed by atoms with E-state index < -0.39 is 26.4 Å². The van der Waals surface area contributed by atoms with Gasteiger partial charge in [-0.25, -0.2) is 13.5 Å². The highest BCUT2D eigenvalue weighted by Gasteiger charge is 2.53. The molecule has 4 N–H and O–H groups in total. The zero-order chi connectivity index (χ0) is 24.8. The first-order valence-electron chi connectivity index (χ1n) is 10.7. The number of benzene rings is 2. The van der Waals surface area contributed by atoms with E-state index in [-0.39, 0.29) is 48.9 Å². The second kappa shape index (κ2) is 12.0. The van der Waals surface area contributed by atoms with Crippen LogP contribution in [-0.2, 0) is 21.2 Å². The van der Waals surface area contributed by atoms with Gasteiger partial charge < -0.3 is 15.8 Å². The van der Waals surface area contributed by atoms with Crippen molar-refractivity contribution in [2.75, 3.05) is 19.7 Å². The first-order chi connectivity index (χ1) is 16.2. The van der Waals surface area contributed by atoms with Gasteiger partial charge in [0.25, 0.3) is 5.91 Å². The van der Waals surface area contributed by atoms with Crippen molar-refractivity contribution in [3.8, 4) is 17.6 Å². The van der Waals surface area contributed by atoms with Crippen molar-refractivity contribution in [1.82, 2.24) is 10.4 Å². The number of carbonyl (C=O) groups excluding carboxylic acids is 2. The number of nitrogens with two attached hydrogens (primary N) is 1. The first-order valence-corrected chi connectivity index (χ1v) is 12.2. The van der Waals surface area contributed by atoms with E-state index in [1.54, 1.807) is 19.1 Å². The van der Waals surface area contributed by atoms with Crippen LogP contribution >= 0.6 is 12.4 Å². The number of hydroxylamine groups is 2. The Bertz CT molecular complexity index is 1200. The van der Waals surface area contributed by atoms with Crippen molar-refractivity contribution in [2.24, 2.45) is 5.73 Å². The fourth-order valence-electron chi connectivity index (χ4n) is 3.81. The number of ether oxygens (including phenoxy) is 1. The van der Waals surface area contributed by atoms with E-state index in [1.807, 2.05) is 0 Å². The largest absolute Gasteiger partial charge is 0.481 e. The third-order valence-electron chi connectivity index (χ3n) is 5.74. The molecule has 1 heterocycles. The van der Waals surface area contributed by atoms with Crippen LogP contribution in [0.4, 0.5) is 0 Å². The molecule has 1 saturated heterocycles. The molecule has 35 heavy (non-hydrogen) atoms. The molecule has 2 aromatic carbocycles. The van der Waals surface area contributed by atoms with E-state index in [9.17, 15) is 23.2 Å². The molecule has 9 nitrogen and oxygen atoms in total. The maximum atomic E-state index is 13.7. The monoisotopic (exact) mass is 521 g/mol. The van der Waals surface area contributed by atoms with Gasteiger partial charge in [0.2, 0.25) is 5.91 Å². The number of carbonyl (C=O) groups is 2. The second-order valence-corrected chi connectivity index (χ2v) is 10.1. The van der Waals surface area contributed by atoms with E-state index >= 15 is 0 Å². The summed E-state index contributed by atoms with van der Waals surface area (Å²) in [6.45, 7) is 2.24. The van der Waals surface area contributed by atoms with Gasteiger partial charge in [-0.2, -0.15) is 0 Å². The molecular formula is C24H28ClN3O6S. The van der Waals surface area contributed by atoms with E-state index in [2.05, 4.69) is 17.2 Å². The Balaban J connectivity index is 0.00000432. The summed E-state index contributed by atoms with van der Waals surface area (Å²) in [6, 6.07) is 11.9. The molecule has 0 atom stereocenters. The predicted molar refractivity (Wildman–Crippen MR) is 132 cm³/mol. The first kappa shape index (κ1) is 28.1. The Hall–Kier alpha value is -3.10. The highest BCUT2D eigenvalue weighted by molar-refractivity contribution is 7.93. The number of hydrogen-bond donors (Lipinski definition) is 3. The molecule has 1 aliphatic rings. The number of piperidine rings is 1. The summed E-state index contributed by atoms with van der Waals surface area (Å²) in [5.74, 6) is 4.42. The average Bonchev–Trinajstić information content (AvgIpc) is 2.84. The lowest BCUT2D eigenvalue weighted by atomic mass is 9.95. The molecule has 0 saturated carbocycles. The van der Waals surface area contributed by atoms with Gasteiger partial charge in [0.15, 0.2) is 14.6 Å². The fraction of sp³-hybridized carbons (Fsp3) is 0.333. The summed E-state index contributed by atoms with van der Waals surface area (Å²) in [7, 11) is -4.16. The number of nitrogens with zero attached hydrogens (tertiary/aromatic N) is 1. The van der Waals surface area contributed by atoms with Crippen molar-refractivity contribution < 1.29 is 28.0 Å². The molecule has 3 rings (SSSR count). The molecule has 0 aliphatic carbocycles. The maximum Gasteiger partial charge on any atom is 0.268 e. The van der Waals surface area contributed by atoms with Gasteiger partial charge in [0.1, 0.15) is 12.4 Å². The molecule has 188 valence electrons. The average molecular weight is 522 g/mol. The minimum Gasteiger partial charge on any atom is -0.481 e. The van der Waals surface area contributed by atoms with E-state index in [0.29, 0.717) is 29.5 Å². The highest BCUT2D eigenvalue weighted by atomic mass is 35.5. The lowest BCUT2D eigenvalue weighted by molar-refractivity contribution is -0.172. The summed E-state index contributed by atoms with van der Waals surface area (Å²) in [5, 5.41) is 14.1. The molecular weight excluding hydrogens is 494 g/mol. The number of amides is 2. The molecule has 1 fully saturated rings. The van der Waals surface area contributed by atoms with Gasteiger partial charge in [0.05, 0.1) is 11.4 Å². The third kappa shape index (κ3) is 6.13. The van der Waals surface area contributed by atoms with Crippen LogP contribution in [0.3, 0.4) is 0 Å². The Morgan fingerprint density at radius 2 is 1.71 bits per heavy atom. The lowest BCUT2D eigenvalue weighted by Crippen LogP contribution is -2.57. The zero-order valence-corrected chi connectivity index (χ0v) is 20.8.